The lowest BCUT2D eigenvalue weighted by Gasteiger charge is -2.73. The predicted octanol–water partition coefficient (Wildman–Crippen LogP) is 7.55. The number of carbonyl (C=O) groups is 1. The van der Waals surface area contributed by atoms with Crippen LogP contribution in [0.3, 0.4) is 0 Å². The van der Waals surface area contributed by atoms with Gasteiger partial charge in [-0.3, -0.25) is 4.79 Å². The Balaban J connectivity index is 1.50. The summed E-state index contributed by atoms with van der Waals surface area (Å²) in [6.07, 6.45) is 12.4. The molecule has 5 aliphatic rings. The summed E-state index contributed by atoms with van der Waals surface area (Å²) in [5, 5.41) is 9.87. The fraction of sp³-hybridized carbons (Fsp3) is 0.906. The minimum atomic E-state index is -0.128. The molecule has 0 amide bonds. The van der Waals surface area contributed by atoms with Gasteiger partial charge in [-0.15, -0.1) is 0 Å². The predicted molar refractivity (Wildman–Crippen MR) is 144 cm³/mol. The Morgan fingerprint density at radius 3 is 2.25 bits per heavy atom. The second kappa shape index (κ2) is 8.57. The Hall–Kier alpha value is -0.870. The molecule has 4 heteroatoms. The molecule has 0 aromatic carbocycles. The standard InChI is InChI=1S/C32H53NO3/c1-20(2)22-11-16-32(19-33-35)18-17-30(7)23(27(22)32)9-10-25-29(6)14-13-26(36-21(3)34)28(4,5)24(29)12-15-31(25,30)8/h22-27,33,35H,1,9-19H2,2-8H3/t22-,23?,24?,25?,26-,27?,29-,30+,31+,32+/m0/s1. The van der Waals surface area contributed by atoms with E-state index in [0.29, 0.717) is 39.9 Å². The molecule has 0 aromatic heterocycles. The molecule has 204 valence electrons. The monoisotopic (exact) mass is 499 g/mol. The lowest BCUT2D eigenvalue weighted by Crippen LogP contribution is -2.67. The molecule has 5 aliphatic carbocycles. The topological polar surface area (TPSA) is 58.6 Å². The number of carbonyl (C=O) groups excluding carboxylic acids is 1. The van der Waals surface area contributed by atoms with Crippen LogP contribution in [0.5, 0.6) is 0 Å². The van der Waals surface area contributed by atoms with Crippen molar-refractivity contribution in [2.75, 3.05) is 6.54 Å². The fourth-order valence-corrected chi connectivity index (χ4v) is 12.1. The van der Waals surface area contributed by atoms with Gasteiger partial charge < -0.3 is 9.94 Å². The van der Waals surface area contributed by atoms with Crippen LogP contribution in [0.1, 0.15) is 113 Å². The van der Waals surface area contributed by atoms with E-state index in [4.69, 9.17) is 4.74 Å². The first-order valence-electron chi connectivity index (χ1n) is 15.0. The van der Waals surface area contributed by atoms with Crippen LogP contribution >= 0.6 is 0 Å². The summed E-state index contributed by atoms with van der Waals surface area (Å²) in [7, 11) is 0. The first kappa shape index (κ1) is 26.7. The van der Waals surface area contributed by atoms with Crippen molar-refractivity contribution in [3.05, 3.63) is 12.2 Å². The summed E-state index contributed by atoms with van der Waals surface area (Å²) < 4.78 is 5.91. The third kappa shape index (κ3) is 3.41. The van der Waals surface area contributed by atoms with Crippen LogP contribution in [0.4, 0.5) is 0 Å². The molecule has 0 radical (unpaired) electrons. The highest BCUT2D eigenvalue weighted by Crippen LogP contribution is 2.77. The molecule has 0 aromatic rings. The molecule has 5 rings (SSSR count). The van der Waals surface area contributed by atoms with E-state index in [1.807, 2.05) is 0 Å². The highest BCUT2D eigenvalue weighted by atomic mass is 16.5. The Labute approximate surface area is 220 Å². The van der Waals surface area contributed by atoms with Gasteiger partial charge in [0.15, 0.2) is 0 Å². The van der Waals surface area contributed by atoms with Gasteiger partial charge in [-0.25, -0.2) is 5.48 Å². The number of esters is 1. The average molecular weight is 500 g/mol. The molecule has 0 aliphatic heterocycles. The zero-order valence-electron chi connectivity index (χ0n) is 24.2. The Kier molecular flexibility index (Phi) is 6.36. The molecule has 0 bridgehead atoms. The van der Waals surface area contributed by atoms with Crippen molar-refractivity contribution in [3.8, 4) is 0 Å². The minimum absolute atomic E-state index is 0.0166. The largest absolute Gasteiger partial charge is 0.462 e. The molecule has 5 fully saturated rings. The van der Waals surface area contributed by atoms with Crippen LogP contribution in [0.15, 0.2) is 12.2 Å². The number of hydroxylamine groups is 1. The Morgan fingerprint density at radius 1 is 0.889 bits per heavy atom. The van der Waals surface area contributed by atoms with Gasteiger partial charge in [0.05, 0.1) is 0 Å². The number of nitrogens with one attached hydrogen (secondary N) is 1. The van der Waals surface area contributed by atoms with Crippen LogP contribution in [0, 0.1) is 56.7 Å². The first-order chi connectivity index (χ1) is 16.8. The molecule has 0 saturated heterocycles. The van der Waals surface area contributed by atoms with E-state index in [1.165, 1.54) is 63.4 Å². The van der Waals surface area contributed by atoms with E-state index in [-0.39, 0.29) is 22.9 Å². The maximum atomic E-state index is 11.9. The first-order valence-corrected chi connectivity index (χ1v) is 15.0. The van der Waals surface area contributed by atoms with E-state index in [9.17, 15) is 10.0 Å². The van der Waals surface area contributed by atoms with E-state index >= 15 is 0 Å². The van der Waals surface area contributed by atoms with Crippen molar-refractivity contribution >= 4 is 5.97 Å². The quantitative estimate of drug-likeness (QED) is 0.238. The van der Waals surface area contributed by atoms with E-state index in [1.54, 1.807) is 6.92 Å². The lowest BCUT2D eigenvalue weighted by atomic mass is 9.32. The van der Waals surface area contributed by atoms with Gasteiger partial charge in [0.2, 0.25) is 0 Å². The number of fused-ring (bicyclic) bond motifs is 7. The summed E-state index contributed by atoms with van der Waals surface area (Å²) in [5.74, 6) is 3.11. The maximum absolute atomic E-state index is 11.9. The summed E-state index contributed by atoms with van der Waals surface area (Å²) in [4.78, 5) is 11.9. The van der Waals surface area contributed by atoms with E-state index in [0.717, 1.165) is 18.9 Å². The van der Waals surface area contributed by atoms with Crippen LogP contribution in [-0.2, 0) is 9.53 Å². The van der Waals surface area contributed by atoms with E-state index < -0.39 is 0 Å². The molecule has 0 spiro atoms. The summed E-state index contributed by atoms with van der Waals surface area (Å²) in [6.45, 7) is 21.8. The molecule has 2 N–H and O–H groups in total. The highest BCUT2D eigenvalue weighted by molar-refractivity contribution is 5.66. The second-order valence-electron chi connectivity index (χ2n) is 15.3. The lowest BCUT2D eigenvalue weighted by molar-refractivity contribution is -0.250. The molecule has 4 nitrogen and oxygen atoms in total. The summed E-state index contributed by atoms with van der Waals surface area (Å²) >= 11 is 0. The number of rotatable bonds is 4. The zero-order valence-corrected chi connectivity index (χ0v) is 24.2. The SMILES string of the molecule is C=C(C)[C@@H]1CC[C@]2(CNO)CC[C@]3(C)C(CCC4[C@@]5(C)CC[C@H](OC(C)=O)C(C)(C)C5CC[C@]43C)C12. The highest BCUT2D eigenvalue weighted by Gasteiger charge is 2.71. The molecular weight excluding hydrogens is 446 g/mol. The number of ether oxygens (including phenoxy) is 1. The summed E-state index contributed by atoms with van der Waals surface area (Å²) in [6, 6.07) is 0. The number of hydrogen-bond acceptors (Lipinski definition) is 4. The van der Waals surface area contributed by atoms with Gasteiger partial charge in [0.25, 0.3) is 0 Å². The molecule has 0 heterocycles. The van der Waals surface area contributed by atoms with Crippen molar-refractivity contribution in [3.63, 3.8) is 0 Å². The van der Waals surface area contributed by atoms with Crippen LogP contribution < -0.4 is 5.48 Å². The van der Waals surface area contributed by atoms with Crippen molar-refractivity contribution in [2.24, 2.45) is 56.7 Å². The van der Waals surface area contributed by atoms with Crippen molar-refractivity contribution < 1.29 is 14.7 Å². The Bertz CT molecular complexity index is 913. The van der Waals surface area contributed by atoms with Gasteiger partial charge >= 0.3 is 5.97 Å². The smallest absolute Gasteiger partial charge is 0.302 e. The average Bonchev–Trinajstić information content (AvgIpc) is 3.16. The maximum Gasteiger partial charge on any atom is 0.302 e. The number of hydrogen-bond donors (Lipinski definition) is 2. The third-order valence-electron chi connectivity index (χ3n) is 13.9. The normalized spacial score (nSPS) is 51.3. The fourth-order valence-electron chi connectivity index (χ4n) is 12.1. The van der Waals surface area contributed by atoms with Crippen LogP contribution in [0.2, 0.25) is 0 Å². The van der Waals surface area contributed by atoms with Gasteiger partial charge in [-0.05, 0) is 122 Å². The van der Waals surface area contributed by atoms with Gasteiger partial charge in [0.1, 0.15) is 6.10 Å². The van der Waals surface area contributed by atoms with Crippen molar-refractivity contribution in [1.29, 1.82) is 0 Å². The molecule has 4 unspecified atom stereocenters. The minimum Gasteiger partial charge on any atom is -0.462 e. The third-order valence-corrected chi connectivity index (χ3v) is 13.9. The molecular formula is C32H53NO3. The van der Waals surface area contributed by atoms with Gasteiger partial charge in [-0.1, -0.05) is 46.8 Å². The molecule has 36 heavy (non-hydrogen) atoms. The summed E-state index contributed by atoms with van der Waals surface area (Å²) in [5.41, 5.74) is 5.18. The van der Waals surface area contributed by atoms with Crippen molar-refractivity contribution in [1.82, 2.24) is 5.48 Å². The Morgan fingerprint density at radius 2 is 1.61 bits per heavy atom. The van der Waals surface area contributed by atoms with E-state index in [2.05, 4.69) is 53.6 Å². The van der Waals surface area contributed by atoms with Gasteiger partial charge in [0, 0.05) is 18.9 Å². The molecule has 10 atom stereocenters. The van der Waals surface area contributed by atoms with Crippen molar-refractivity contribution in [2.45, 2.75) is 119 Å². The second-order valence-corrected chi connectivity index (χ2v) is 15.3. The zero-order chi connectivity index (χ0) is 26.3. The van der Waals surface area contributed by atoms with Gasteiger partial charge in [-0.2, -0.15) is 0 Å². The number of allylic oxidation sites excluding steroid dienone is 1. The molecule has 5 saturated carbocycles. The van der Waals surface area contributed by atoms with Crippen LogP contribution in [0.25, 0.3) is 0 Å². The van der Waals surface area contributed by atoms with Crippen LogP contribution in [-0.4, -0.2) is 23.8 Å².